The molecule has 1 atom stereocenters. The fraction of sp³-hybridized carbons (Fsp3) is 0.704. The van der Waals surface area contributed by atoms with Gasteiger partial charge in [0.2, 0.25) is 0 Å². The number of allylic oxidation sites excluding steroid dienone is 2. The van der Waals surface area contributed by atoms with Crippen LogP contribution >= 0.6 is 0 Å². The van der Waals surface area contributed by atoms with Gasteiger partial charge in [-0.1, -0.05) is 89.0 Å². The number of unbranched alkanes of at least 4 members (excludes halogenated alkanes) is 12. The maximum Gasteiger partial charge on any atom is 0.119 e. The van der Waals surface area contributed by atoms with Gasteiger partial charge in [0.15, 0.2) is 0 Å². The largest absolute Gasteiger partial charge is 0.491 e. The summed E-state index contributed by atoms with van der Waals surface area (Å²) >= 11 is 0. The molecule has 0 bridgehead atoms. The molecule has 2 nitrogen and oxygen atoms in total. The van der Waals surface area contributed by atoms with Crippen LogP contribution in [0.3, 0.4) is 0 Å². The van der Waals surface area contributed by atoms with Crippen molar-refractivity contribution in [1.82, 2.24) is 0 Å². The van der Waals surface area contributed by atoms with Crippen LogP contribution in [-0.2, 0) is 11.2 Å². The minimum absolute atomic E-state index is 0.327. The molecule has 0 saturated carbocycles. The average molecular weight is 401 g/mol. The Morgan fingerprint density at radius 2 is 1.48 bits per heavy atom. The van der Waals surface area contributed by atoms with Crippen LogP contribution in [0.1, 0.15) is 102 Å². The van der Waals surface area contributed by atoms with E-state index in [1.807, 2.05) is 6.07 Å². The first kappa shape index (κ1) is 24.0. The van der Waals surface area contributed by atoms with Crippen LogP contribution in [0.25, 0.3) is 0 Å². The molecule has 1 aliphatic rings. The van der Waals surface area contributed by atoms with E-state index < -0.39 is 0 Å². The molecule has 1 heterocycles. The summed E-state index contributed by atoms with van der Waals surface area (Å²) in [6.07, 6.45) is 25.4. The monoisotopic (exact) mass is 400 g/mol. The first-order valence-corrected chi connectivity index (χ1v) is 12.4. The van der Waals surface area contributed by atoms with Crippen molar-refractivity contribution in [2.75, 3.05) is 13.2 Å². The molecule has 1 aromatic rings. The molecular formula is C27H44O2. The van der Waals surface area contributed by atoms with Crippen LogP contribution in [0.15, 0.2) is 36.4 Å². The van der Waals surface area contributed by atoms with Gasteiger partial charge in [0.25, 0.3) is 0 Å². The molecule has 0 radical (unpaired) electrons. The summed E-state index contributed by atoms with van der Waals surface area (Å²) in [6.45, 7) is 3.83. The van der Waals surface area contributed by atoms with E-state index in [4.69, 9.17) is 9.47 Å². The average Bonchev–Trinajstić information content (AvgIpc) is 3.57. The third-order valence-electron chi connectivity index (χ3n) is 5.71. The van der Waals surface area contributed by atoms with Gasteiger partial charge in [-0.15, -0.1) is 0 Å². The summed E-state index contributed by atoms with van der Waals surface area (Å²) in [5, 5.41) is 0. The second-order valence-electron chi connectivity index (χ2n) is 8.60. The molecule has 2 rings (SSSR count). The van der Waals surface area contributed by atoms with Gasteiger partial charge >= 0.3 is 0 Å². The summed E-state index contributed by atoms with van der Waals surface area (Å²) < 4.78 is 11.0. The van der Waals surface area contributed by atoms with Crippen LogP contribution < -0.4 is 4.74 Å². The van der Waals surface area contributed by atoms with Crippen LogP contribution in [-0.4, -0.2) is 19.3 Å². The van der Waals surface area contributed by atoms with E-state index in [0.29, 0.717) is 12.7 Å². The van der Waals surface area contributed by atoms with E-state index in [1.165, 1.54) is 95.5 Å². The highest BCUT2D eigenvalue weighted by molar-refractivity contribution is 5.28. The smallest absolute Gasteiger partial charge is 0.119 e. The number of hydrogen-bond donors (Lipinski definition) is 0. The number of epoxide rings is 1. The Morgan fingerprint density at radius 1 is 0.862 bits per heavy atom. The highest BCUT2D eigenvalue weighted by Crippen LogP contribution is 2.18. The summed E-state index contributed by atoms with van der Waals surface area (Å²) in [6, 6.07) is 8.56. The van der Waals surface area contributed by atoms with E-state index in [0.717, 1.165) is 18.8 Å². The molecular weight excluding hydrogens is 356 g/mol. The first-order chi connectivity index (χ1) is 14.4. The molecule has 0 aliphatic carbocycles. The van der Waals surface area contributed by atoms with Crippen molar-refractivity contribution < 1.29 is 9.47 Å². The molecule has 0 N–H and O–H groups in total. The highest BCUT2D eigenvalue weighted by atomic mass is 16.6. The van der Waals surface area contributed by atoms with Crippen molar-refractivity contribution in [2.45, 2.75) is 109 Å². The molecule has 1 aliphatic heterocycles. The van der Waals surface area contributed by atoms with Crippen molar-refractivity contribution in [3.8, 4) is 5.75 Å². The van der Waals surface area contributed by atoms with Crippen LogP contribution in [0.5, 0.6) is 5.75 Å². The van der Waals surface area contributed by atoms with Crippen molar-refractivity contribution in [2.24, 2.45) is 0 Å². The van der Waals surface area contributed by atoms with Crippen LogP contribution in [0.2, 0.25) is 0 Å². The number of rotatable bonds is 19. The molecule has 1 aromatic carbocycles. The van der Waals surface area contributed by atoms with Gasteiger partial charge in [-0.05, 0) is 56.2 Å². The number of aryl methyl sites for hydroxylation is 1. The zero-order valence-electron chi connectivity index (χ0n) is 18.9. The summed E-state index contributed by atoms with van der Waals surface area (Å²) in [4.78, 5) is 0. The maximum absolute atomic E-state index is 5.77. The third-order valence-corrected chi connectivity index (χ3v) is 5.71. The quantitative estimate of drug-likeness (QED) is 0.133. The van der Waals surface area contributed by atoms with Crippen molar-refractivity contribution >= 4 is 0 Å². The SMILES string of the molecule is CCCCCCCCCC/C=C/CCCCCCc1cccc(OCC2CO2)c1. The Hall–Kier alpha value is -1.28. The molecule has 0 amide bonds. The lowest BCUT2D eigenvalue weighted by atomic mass is 10.0. The minimum atomic E-state index is 0.327. The number of ether oxygens (including phenoxy) is 2. The topological polar surface area (TPSA) is 21.8 Å². The molecule has 1 unspecified atom stereocenters. The highest BCUT2D eigenvalue weighted by Gasteiger charge is 2.22. The number of hydrogen-bond acceptors (Lipinski definition) is 2. The molecule has 0 spiro atoms. The van der Waals surface area contributed by atoms with Gasteiger partial charge in [-0.2, -0.15) is 0 Å². The van der Waals surface area contributed by atoms with E-state index in [2.05, 4.69) is 37.3 Å². The zero-order valence-corrected chi connectivity index (χ0v) is 18.9. The van der Waals surface area contributed by atoms with E-state index >= 15 is 0 Å². The Bertz CT molecular complexity index is 533. The Kier molecular flexibility index (Phi) is 13.7. The molecule has 0 aromatic heterocycles. The normalized spacial score (nSPS) is 15.8. The van der Waals surface area contributed by atoms with E-state index in [9.17, 15) is 0 Å². The fourth-order valence-corrected chi connectivity index (χ4v) is 3.72. The van der Waals surface area contributed by atoms with Gasteiger partial charge in [0.05, 0.1) is 6.61 Å². The Morgan fingerprint density at radius 3 is 2.14 bits per heavy atom. The van der Waals surface area contributed by atoms with Gasteiger partial charge < -0.3 is 9.47 Å². The van der Waals surface area contributed by atoms with Crippen molar-refractivity contribution in [1.29, 1.82) is 0 Å². The first-order valence-electron chi connectivity index (χ1n) is 12.4. The summed E-state index contributed by atoms with van der Waals surface area (Å²) in [5.74, 6) is 0.986. The van der Waals surface area contributed by atoms with Gasteiger partial charge in [0, 0.05) is 0 Å². The summed E-state index contributed by atoms with van der Waals surface area (Å²) in [7, 11) is 0. The van der Waals surface area contributed by atoms with Gasteiger partial charge in [-0.3, -0.25) is 0 Å². The van der Waals surface area contributed by atoms with E-state index in [1.54, 1.807) is 0 Å². The second-order valence-corrected chi connectivity index (χ2v) is 8.60. The Labute approximate surface area is 180 Å². The van der Waals surface area contributed by atoms with Crippen LogP contribution in [0, 0.1) is 0 Å². The predicted molar refractivity (Wildman–Crippen MR) is 125 cm³/mol. The maximum atomic E-state index is 5.77. The summed E-state index contributed by atoms with van der Waals surface area (Å²) in [5.41, 5.74) is 1.39. The lowest BCUT2D eigenvalue weighted by Crippen LogP contribution is -2.04. The molecule has 1 saturated heterocycles. The zero-order chi connectivity index (χ0) is 20.4. The second kappa shape index (κ2) is 16.5. The lowest BCUT2D eigenvalue weighted by molar-refractivity contribution is 0.263. The van der Waals surface area contributed by atoms with Gasteiger partial charge in [0.1, 0.15) is 18.5 Å². The fourth-order valence-electron chi connectivity index (χ4n) is 3.72. The lowest BCUT2D eigenvalue weighted by Gasteiger charge is -2.07. The van der Waals surface area contributed by atoms with E-state index in [-0.39, 0.29) is 0 Å². The molecule has 2 heteroatoms. The standard InChI is InChI=1S/C27H44O2/c1-2-3-4-5-6-7-8-9-10-11-12-13-14-15-16-17-19-25-20-18-21-26(22-25)28-23-27-24-29-27/h11-12,18,20-22,27H,2-10,13-17,19,23-24H2,1H3/b12-11+. The molecule has 164 valence electrons. The minimum Gasteiger partial charge on any atom is -0.491 e. The van der Waals surface area contributed by atoms with Gasteiger partial charge in [-0.25, -0.2) is 0 Å². The Balaban J connectivity index is 1.36. The number of benzene rings is 1. The molecule has 29 heavy (non-hydrogen) atoms. The predicted octanol–water partition coefficient (Wildman–Crippen LogP) is 8.04. The molecule has 1 fully saturated rings. The van der Waals surface area contributed by atoms with Crippen molar-refractivity contribution in [3.05, 3.63) is 42.0 Å². The van der Waals surface area contributed by atoms with Crippen molar-refractivity contribution in [3.63, 3.8) is 0 Å². The third kappa shape index (κ3) is 13.5. The van der Waals surface area contributed by atoms with Crippen LogP contribution in [0.4, 0.5) is 0 Å².